The molecule has 2 nitrogen and oxygen atoms in total. The first kappa shape index (κ1) is 14.0. The van der Waals surface area contributed by atoms with Crippen LogP contribution in [0.5, 0.6) is 5.75 Å². The van der Waals surface area contributed by atoms with E-state index in [9.17, 15) is 4.39 Å². The molecule has 1 aromatic heterocycles. The van der Waals surface area contributed by atoms with Crippen LogP contribution in [0, 0.1) is 5.82 Å². The van der Waals surface area contributed by atoms with Gasteiger partial charge in [-0.15, -0.1) is 11.3 Å². The summed E-state index contributed by atoms with van der Waals surface area (Å²) in [4.78, 5) is 1.17. The Labute approximate surface area is 127 Å². The zero-order valence-corrected chi connectivity index (χ0v) is 12.7. The highest BCUT2D eigenvalue weighted by atomic mass is 32.1. The third kappa shape index (κ3) is 2.64. The molecule has 1 N–H and O–H groups in total. The minimum atomic E-state index is -0.337. The van der Waals surface area contributed by atoms with E-state index in [4.69, 9.17) is 4.74 Å². The van der Waals surface area contributed by atoms with Crippen LogP contribution in [0.15, 0.2) is 48.5 Å². The predicted molar refractivity (Wildman–Crippen MR) is 85.7 cm³/mol. The highest BCUT2D eigenvalue weighted by Gasteiger charge is 2.16. The van der Waals surface area contributed by atoms with Gasteiger partial charge in [0.05, 0.1) is 13.2 Å². The minimum absolute atomic E-state index is 0.0252. The third-order valence-electron chi connectivity index (χ3n) is 3.53. The Balaban J connectivity index is 2.03. The van der Waals surface area contributed by atoms with E-state index < -0.39 is 0 Å². The Hall–Kier alpha value is -1.91. The molecule has 0 fully saturated rings. The summed E-state index contributed by atoms with van der Waals surface area (Å²) >= 11 is 1.72. The molecule has 0 aliphatic rings. The maximum atomic E-state index is 13.9. The lowest BCUT2D eigenvalue weighted by Crippen LogP contribution is -2.16. The van der Waals surface area contributed by atoms with Crippen molar-refractivity contribution in [3.8, 4) is 5.75 Å². The average Bonchev–Trinajstić information content (AvgIpc) is 2.91. The number of benzene rings is 2. The van der Waals surface area contributed by atoms with Crippen LogP contribution in [-0.2, 0) is 0 Å². The number of rotatable bonds is 4. The van der Waals surface area contributed by atoms with Gasteiger partial charge < -0.3 is 10.1 Å². The van der Waals surface area contributed by atoms with E-state index in [1.165, 1.54) is 28.1 Å². The van der Waals surface area contributed by atoms with Crippen LogP contribution in [-0.4, -0.2) is 14.2 Å². The second kappa shape index (κ2) is 5.84. The molecule has 21 heavy (non-hydrogen) atoms. The summed E-state index contributed by atoms with van der Waals surface area (Å²) in [5, 5.41) is 4.48. The monoisotopic (exact) mass is 301 g/mol. The number of nitrogens with one attached hydrogen (secondary N) is 1. The van der Waals surface area contributed by atoms with Crippen molar-refractivity contribution in [3.63, 3.8) is 0 Å². The van der Waals surface area contributed by atoms with Gasteiger partial charge in [-0.3, -0.25) is 0 Å². The smallest absolute Gasteiger partial charge is 0.165 e. The summed E-state index contributed by atoms with van der Waals surface area (Å²) in [6, 6.07) is 15.5. The van der Waals surface area contributed by atoms with Crippen molar-refractivity contribution in [2.75, 3.05) is 14.2 Å². The first-order valence-corrected chi connectivity index (χ1v) is 7.53. The van der Waals surface area contributed by atoms with Crippen molar-refractivity contribution >= 4 is 21.4 Å². The standard InChI is InChI=1S/C17H16FNOS/c1-19-17(12-7-8-14(20-2)13(18)9-12)16-10-11-5-3-4-6-15(11)21-16/h3-10,17,19H,1-2H3. The lowest BCUT2D eigenvalue weighted by Gasteiger charge is -2.15. The van der Waals surface area contributed by atoms with Crippen LogP contribution >= 0.6 is 11.3 Å². The lowest BCUT2D eigenvalue weighted by molar-refractivity contribution is 0.386. The van der Waals surface area contributed by atoms with Crippen molar-refractivity contribution in [1.29, 1.82) is 0 Å². The SMILES string of the molecule is CNC(c1ccc(OC)c(F)c1)c1cc2ccccc2s1. The first-order chi connectivity index (χ1) is 10.2. The van der Waals surface area contributed by atoms with Gasteiger partial charge in [-0.05, 0) is 42.3 Å². The van der Waals surface area contributed by atoms with Gasteiger partial charge in [-0.25, -0.2) is 4.39 Å². The molecule has 0 radical (unpaired) electrons. The fraction of sp³-hybridized carbons (Fsp3) is 0.176. The molecular weight excluding hydrogens is 285 g/mol. The van der Waals surface area contributed by atoms with Gasteiger partial charge in [0.1, 0.15) is 0 Å². The van der Waals surface area contributed by atoms with E-state index in [0.29, 0.717) is 0 Å². The minimum Gasteiger partial charge on any atom is -0.494 e. The number of thiophene rings is 1. The van der Waals surface area contributed by atoms with E-state index in [1.54, 1.807) is 17.4 Å². The summed E-state index contributed by atoms with van der Waals surface area (Å²) in [7, 11) is 3.36. The van der Waals surface area contributed by atoms with Gasteiger partial charge >= 0.3 is 0 Å². The molecule has 1 heterocycles. The van der Waals surface area contributed by atoms with Crippen molar-refractivity contribution in [2.24, 2.45) is 0 Å². The maximum Gasteiger partial charge on any atom is 0.165 e. The summed E-state index contributed by atoms with van der Waals surface area (Å²) in [6.45, 7) is 0. The van der Waals surface area contributed by atoms with Crippen molar-refractivity contribution in [2.45, 2.75) is 6.04 Å². The van der Waals surface area contributed by atoms with Crippen LogP contribution in [0.25, 0.3) is 10.1 Å². The van der Waals surface area contributed by atoms with E-state index in [-0.39, 0.29) is 17.6 Å². The molecule has 0 saturated heterocycles. The second-order valence-corrected chi connectivity index (χ2v) is 5.92. The molecule has 0 aliphatic heterocycles. The van der Waals surface area contributed by atoms with E-state index in [2.05, 4.69) is 23.5 Å². The summed E-state index contributed by atoms with van der Waals surface area (Å²) in [5.74, 6) is -0.0682. The fourth-order valence-electron chi connectivity index (χ4n) is 2.48. The van der Waals surface area contributed by atoms with Crippen molar-refractivity contribution in [1.82, 2.24) is 5.32 Å². The highest BCUT2D eigenvalue weighted by molar-refractivity contribution is 7.19. The van der Waals surface area contributed by atoms with Gasteiger partial charge in [-0.1, -0.05) is 24.3 Å². The number of methoxy groups -OCH3 is 1. The van der Waals surface area contributed by atoms with Gasteiger partial charge in [0, 0.05) is 9.58 Å². The Morgan fingerprint density at radius 3 is 2.62 bits per heavy atom. The molecular formula is C17H16FNOS. The molecule has 0 amide bonds. The van der Waals surface area contributed by atoms with Gasteiger partial charge in [0.25, 0.3) is 0 Å². The van der Waals surface area contributed by atoms with Crippen molar-refractivity contribution < 1.29 is 9.13 Å². The zero-order valence-electron chi connectivity index (χ0n) is 11.9. The molecule has 1 unspecified atom stereocenters. The number of hydrogen-bond acceptors (Lipinski definition) is 3. The molecule has 2 aromatic carbocycles. The van der Waals surface area contributed by atoms with Crippen LogP contribution in [0.2, 0.25) is 0 Å². The van der Waals surface area contributed by atoms with Gasteiger partial charge in [-0.2, -0.15) is 0 Å². The molecule has 4 heteroatoms. The topological polar surface area (TPSA) is 21.3 Å². The summed E-state index contributed by atoms with van der Waals surface area (Å²) in [6.07, 6.45) is 0. The lowest BCUT2D eigenvalue weighted by atomic mass is 10.0. The van der Waals surface area contributed by atoms with E-state index in [1.807, 2.05) is 25.2 Å². The molecule has 1 atom stereocenters. The Morgan fingerprint density at radius 1 is 1.14 bits per heavy atom. The Kier molecular flexibility index (Phi) is 3.90. The normalized spacial score (nSPS) is 12.5. The quantitative estimate of drug-likeness (QED) is 0.773. The van der Waals surface area contributed by atoms with Crippen molar-refractivity contribution in [3.05, 3.63) is 64.8 Å². The second-order valence-electron chi connectivity index (χ2n) is 4.80. The molecule has 3 aromatic rings. The van der Waals surface area contributed by atoms with E-state index >= 15 is 0 Å². The van der Waals surface area contributed by atoms with Gasteiger partial charge in [0.2, 0.25) is 0 Å². The third-order valence-corrected chi connectivity index (χ3v) is 4.71. The predicted octanol–water partition coefficient (Wildman–Crippen LogP) is 4.36. The number of ether oxygens (including phenoxy) is 1. The van der Waals surface area contributed by atoms with Crippen LogP contribution in [0.3, 0.4) is 0 Å². The molecule has 0 saturated carbocycles. The summed E-state index contributed by atoms with van der Waals surface area (Å²) < 4.78 is 20.1. The molecule has 0 spiro atoms. The first-order valence-electron chi connectivity index (χ1n) is 6.72. The highest BCUT2D eigenvalue weighted by Crippen LogP contribution is 2.34. The molecule has 3 rings (SSSR count). The number of fused-ring (bicyclic) bond motifs is 1. The number of hydrogen-bond donors (Lipinski definition) is 1. The number of halogens is 1. The largest absolute Gasteiger partial charge is 0.494 e. The molecule has 108 valence electrons. The maximum absolute atomic E-state index is 13.9. The Bertz CT molecular complexity index is 735. The average molecular weight is 301 g/mol. The fourth-order valence-corrected chi connectivity index (χ4v) is 3.68. The van der Waals surface area contributed by atoms with Crippen LogP contribution in [0.1, 0.15) is 16.5 Å². The summed E-state index contributed by atoms with van der Waals surface area (Å²) in [5.41, 5.74) is 0.891. The Morgan fingerprint density at radius 2 is 1.95 bits per heavy atom. The van der Waals surface area contributed by atoms with Crippen LogP contribution in [0.4, 0.5) is 4.39 Å². The van der Waals surface area contributed by atoms with Crippen LogP contribution < -0.4 is 10.1 Å². The molecule has 0 bridgehead atoms. The zero-order chi connectivity index (χ0) is 14.8. The van der Waals surface area contributed by atoms with E-state index in [0.717, 1.165) is 5.56 Å². The molecule has 0 aliphatic carbocycles. The van der Waals surface area contributed by atoms with Gasteiger partial charge in [0.15, 0.2) is 11.6 Å².